The highest BCUT2D eigenvalue weighted by molar-refractivity contribution is 5.80. The summed E-state index contributed by atoms with van der Waals surface area (Å²) in [5.74, 6) is -0.411. The number of carbonyl (C=O) groups excluding carboxylic acids is 1. The first-order valence-electron chi connectivity index (χ1n) is 9.35. The van der Waals surface area contributed by atoms with E-state index in [0.717, 1.165) is 31.5 Å². The molecule has 0 bridgehead atoms. The van der Waals surface area contributed by atoms with E-state index in [1.807, 2.05) is 11.8 Å². The van der Waals surface area contributed by atoms with E-state index in [2.05, 4.69) is 15.6 Å². The lowest BCUT2D eigenvalue weighted by Crippen LogP contribution is -2.41. The first-order chi connectivity index (χ1) is 13.3. The Morgan fingerprint density at radius 1 is 1.32 bits per heavy atom. The van der Waals surface area contributed by atoms with E-state index in [9.17, 15) is 22.4 Å². The minimum absolute atomic E-state index is 0.0639. The van der Waals surface area contributed by atoms with E-state index in [1.54, 1.807) is 0 Å². The van der Waals surface area contributed by atoms with Crippen LogP contribution in [0.3, 0.4) is 0 Å². The lowest BCUT2D eigenvalue weighted by molar-refractivity contribution is -0.138. The summed E-state index contributed by atoms with van der Waals surface area (Å²) in [6.45, 7) is 3.18. The molecule has 1 fully saturated rings. The molecule has 28 heavy (non-hydrogen) atoms. The first-order valence-corrected chi connectivity index (χ1v) is 9.35. The number of guanidine groups is 1. The van der Waals surface area contributed by atoms with Crippen LogP contribution < -0.4 is 10.6 Å². The summed E-state index contributed by atoms with van der Waals surface area (Å²) < 4.78 is 52.4. The van der Waals surface area contributed by atoms with Crippen molar-refractivity contribution in [2.24, 2.45) is 4.99 Å². The molecule has 1 aromatic carbocycles. The predicted molar refractivity (Wildman–Crippen MR) is 99.2 cm³/mol. The molecule has 5 nitrogen and oxygen atoms in total. The number of amides is 1. The maximum atomic E-state index is 13.2. The van der Waals surface area contributed by atoms with Crippen LogP contribution in [0.25, 0.3) is 0 Å². The fraction of sp³-hybridized carbons (Fsp3) is 0.579. The number of carbonyl (C=O) groups is 1. The molecule has 9 heteroatoms. The molecule has 2 N–H and O–H groups in total. The van der Waals surface area contributed by atoms with Gasteiger partial charge in [0.2, 0.25) is 5.91 Å². The second-order valence-corrected chi connectivity index (χ2v) is 6.69. The summed E-state index contributed by atoms with van der Waals surface area (Å²) >= 11 is 0. The SMILES string of the molecule is CCC(CCNC(=NC)NCc1ccc(F)cc1C(F)(F)F)N1CCCC1=O. The third-order valence-electron chi connectivity index (χ3n) is 4.84. The monoisotopic (exact) mass is 402 g/mol. The van der Waals surface area contributed by atoms with Crippen molar-refractivity contribution in [1.82, 2.24) is 15.5 Å². The first kappa shape index (κ1) is 22.0. The highest BCUT2D eigenvalue weighted by Gasteiger charge is 2.33. The van der Waals surface area contributed by atoms with Crippen LogP contribution in [0.2, 0.25) is 0 Å². The van der Waals surface area contributed by atoms with E-state index in [1.165, 1.54) is 7.05 Å². The highest BCUT2D eigenvalue weighted by atomic mass is 19.4. The number of nitrogens with zero attached hydrogens (tertiary/aromatic N) is 2. The van der Waals surface area contributed by atoms with Gasteiger partial charge in [0.05, 0.1) is 5.56 Å². The van der Waals surface area contributed by atoms with Gasteiger partial charge in [-0.05, 0) is 37.0 Å². The van der Waals surface area contributed by atoms with Crippen LogP contribution in [-0.2, 0) is 17.5 Å². The van der Waals surface area contributed by atoms with Crippen molar-refractivity contribution in [2.45, 2.75) is 51.4 Å². The van der Waals surface area contributed by atoms with Crippen molar-refractivity contribution in [3.8, 4) is 0 Å². The van der Waals surface area contributed by atoms with Crippen molar-refractivity contribution in [2.75, 3.05) is 20.1 Å². The van der Waals surface area contributed by atoms with Crippen LogP contribution in [0, 0.1) is 5.82 Å². The van der Waals surface area contributed by atoms with Gasteiger partial charge in [0.15, 0.2) is 5.96 Å². The Morgan fingerprint density at radius 2 is 2.07 bits per heavy atom. The molecule has 0 saturated carbocycles. The number of benzene rings is 1. The Hall–Kier alpha value is -2.32. The molecule has 1 atom stereocenters. The van der Waals surface area contributed by atoms with Crippen LogP contribution in [0.15, 0.2) is 23.2 Å². The number of rotatable bonds is 7. The summed E-state index contributed by atoms with van der Waals surface area (Å²) in [5.41, 5.74) is -1.07. The lowest BCUT2D eigenvalue weighted by atomic mass is 10.1. The zero-order valence-corrected chi connectivity index (χ0v) is 16.1. The molecule has 1 aliphatic rings. The summed E-state index contributed by atoms with van der Waals surface area (Å²) in [7, 11) is 1.52. The van der Waals surface area contributed by atoms with Crippen molar-refractivity contribution in [3.63, 3.8) is 0 Å². The van der Waals surface area contributed by atoms with Gasteiger partial charge in [-0.1, -0.05) is 13.0 Å². The molecule has 1 saturated heterocycles. The minimum Gasteiger partial charge on any atom is -0.356 e. The highest BCUT2D eigenvalue weighted by Crippen LogP contribution is 2.32. The van der Waals surface area contributed by atoms with Crippen LogP contribution >= 0.6 is 0 Å². The van der Waals surface area contributed by atoms with E-state index in [0.29, 0.717) is 31.4 Å². The number of hydrogen-bond donors (Lipinski definition) is 2. The van der Waals surface area contributed by atoms with Crippen LogP contribution in [-0.4, -0.2) is 42.9 Å². The van der Waals surface area contributed by atoms with Gasteiger partial charge in [0.1, 0.15) is 5.82 Å². The standard InChI is InChI=1S/C19H26F4N4O/c1-3-15(27-10-4-5-17(27)28)8-9-25-18(24-2)26-12-13-6-7-14(20)11-16(13)19(21,22)23/h6-7,11,15H,3-5,8-10,12H2,1-2H3,(H2,24,25,26). The number of alkyl halides is 3. The van der Waals surface area contributed by atoms with Crippen molar-refractivity contribution < 1.29 is 22.4 Å². The molecule has 2 rings (SSSR count). The number of hydrogen-bond acceptors (Lipinski definition) is 2. The number of halogens is 4. The molecular weight excluding hydrogens is 376 g/mol. The number of nitrogens with one attached hydrogen (secondary N) is 2. The Morgan fingerprint density at radius 3 is 2.64 bits per heavy atom. The Bertz CT molecular complexity index is 706. The van der Waals surface area contributed by atoms with E-state index in [4.69, 9.17) is 0 Å². The van der Waals surface area contributed by atoms with E-state index in [-0.39, 0.29) is 24.1 Å². The fourth-order valence-electron chi connectivity index (χ4n) is 3.36. The predicted octanol–water partition coefficient (Wildman–Crippen LogP) is 3.30. The van der Waals surface area contributed by atoms with Gasteiger partial charge in [-0.15, -0.1) is 0 Å². The fourth-order valence-corrected chi connectivity index (χ4v) is 3.36. The van der Waals surface area contributed by atoms with Crippen LogP contribution in [0.4, 0.5) is 17.6 Å². The Balaban J connectivity index is 1.89. The molecule has 1 heterocycles. The summed E-state index contributed by atoms with van der Waals surface area (Å²) in [5, 5.41) is 5.88. The molecular formula is C19H26F4N4O. The molecule has 0 aromatic heterocycles. The average Bonchev–Trinajstić information content (AvgIpc) is 3.07. The van der Waals surface area contributed by atoms with Crippen LogP contribution in [0.5, 0.6) is 0 Å². The van der Waals surface area contributed by atoms with Crippen molar-refractivity contribution >= 4 is 11.9 Å². The zero-order chi connectivity index (χ0) is 20.7. The third-order valence-corrected chi connectivity index (χ3v) is 4.84. The summed E-state index contributed by atoms with van der Waals surface area (Å²) in [6.07, 6.45) is -1.61. The third kappa shape index (κ3) is 5.84. The largest absolute Gasteiger partial charge is 0.416 e. The maximum absolute atomic E-state index is 13.2. The van der Waals surface area contributed by atoms with Gasteiger partial charge in [-0.3, -0.25) is 9.79 Å². The van der Waals surface area contributed by atoms with Gasteiger partial charge in [0.25, 0.3) is 0 Å². The topological polar surface area (TPSA) is 56.7 Å². The minimum atomic E-state index is -4.63. The van der Waals surface area contributed by atoms with Gasteiger partial charge >= 0.3 is 6.18 Å². The Kier molecular flexibility index (Phi) is 7.65. The molecule has 1 aliphatic heterocycles. The van der Waals surface area contributed by atoms with E-state index < -0.39 is 17.6 Å². The molecule has 0 spiro atoms. The molecule has 1 aromatic rings. The van der Waals surface area contributed by atoms with Crippen LogP contribution in [0.1, 0.15) is 43.7 Å². The normalized spacial score (nSPS) is 16.4. The second kappa shape index (κ2) is 9.75. The second-order valence-electron chi connectivity index (χ2n) is 6.69. The smallest absolute Gasteiger partial charge is 0.356 e. The summed E-state index contributed by atoms with van der Waals surface area (Å²) in [4.78, 5) is 17.8. The van der Waals surface area contributed by atoms with Crippen molar-refractivity contribution in [3.05, 3.63) is 35.1 Å². The maximum Gasteiger partial charge on any atom is 0.416 e. The number of aliphatic imine (C=N–C) groups is 1. The molecule has 1 amide bonds. The molecule has 0 radical (unpaired) electrons. The summed E-state index contributed by atoms with van der Waals surface area (Å²) in [6, 6.07) is 2.74. The van der Waals surface area contributed by atoms with Gasteiger partial charge in [-0.2, -0.15) is 13.2 Å². The van der Waals surface area contributed by atoms with Gasteiger partial charge in [0, 0.05) is 39.1 Å². The van der Waals surface area contributed by atoms with Gasteiger partial charge < -0.3 is 15.5 Å². The quantitative estimate of drug-likeness (QED) is 0.418. The van der Waals surface area contributed by atoms with Crippen molar-refractivity contribution in [1.29, 1.82) is 0 Å². The molecule has 1 unspecified atom stereocenters. The Labute approximate surface area is 162 Å². The lowest BCUT2D eigenvalue weighted by Gasteiger charge is -2.27. The zero-order valence-electron chi connectivity index (χ0n) is 16.1. The molecule has 0 aliphatic carbocycles. The van der Waals surface area contributed by atoms with Gasteiger partial charge in [-0.25, -0.2) is 4.39 Å². The number of likely N-dealkylation sites (tertiary alicyclic amines) is 1. The molecule has 156 valence electrons. The van der Waals surface area contributed by atoms with E-state index >= 15 is 0 Å². The average molecular weight is 402 g/mol.